The zero-order valence-corrected chi connectivity index (χ0v) is 56.4. The number of ether oxygens (including phenoxy) is 2. The fourth-order valence-electron chi connectivity index (χ4n) is 9.97. The van der Waals surface area contributed by atoms with Crippen LogP contribution in [0.1, 0.15) is 61.4 Å². The Labute approximate surface area is 543 Å². The molecule has 4 unspecified atom stereocenters. The summed E-state index contributed by atoms with van der Waals surface area (Å²) in [6, 6.07) is 27.0. The first-order chi connectivity index (χ1) is 43.2. The third-order valence-corrected chi connectivity index (χ3v) is 21.7. The number of benzene rings is 4. The van der Waals surface area contributed by atoms with Crippen molar-refractivity contribution >= 4 is 108 Å². The summed E-state index contributed by atoms with van der Waals surface area (Å²) in [5.74, 6) is -0.0439. The van der Waals surface area contributed by atoms with Crippen LogP contribution in [0.4, 0.5) is 19.9 Å². The standard InChI is InChI=1S/C32H42N6O5S3.C30H40N6O5S3/c1-23(2)19-38(20-29(39)28(16-24-8-4-3-5-9-24)36-32(40)43-21-25-18-33-22-44-25)46(41,42)26-10-11-27-30(17-26)45-31(35-27)34-12-15-37-13-6-7-14-37;1-21(2)18-36(44(39,40)24-10-11-25-28(15-24)43-29(34-25)32-12-13-35(3)4)26(14-22-8-6-5-7-9-22)27(37)17-33-30(38)41-19-23-16-31-20-42-23/h3-5,8-11,17-18,22-23,28-29,39H,6-7,12-16,19-21H2,1-2H3,(H,34,35)(H,36,40);5-11,15-16,20-21,26-27,37H,12-14,17-19H2,1-4H3,(H,32,34)(H,33,38). The number of nitrogens with zero attached hydrogens (tertiary/aromatic N) is 8. The van der Waals surface area contributed by atoms with Gasteiger partial charge in [-0.1, -0.05) is 111 Å². The van der Waals surface area contributed by atoms with E-state index in [9.17, 15) is 36.6 Å². The molecule has 4 aromatic heterocycles. The van der Waals surface area contributed by atoms with Crippen molar-refractivity contribution in [2.75, 3.05) is 90.2 Å². The molecule has 2 amide bonds. The Morgan fingerprint density at radius 2 is 1.19 bits per heavy atom. The van der Waals surface area contributed by atoms with Crippen LogP contribution >= 0.6 is 45.3 Å². The smallest absolute Gasteiger partial charge is 0.407 e. The van der Waals surface area contributed by atoms with Crippen LogP contribution in [0, 0.1) is 11.8 Å². The molecule has 1 saturated heterocycles. The number of rotatable bonds is 32. The van der Waals surface area contributed by atoms with E-state index in [4.69, 9.17) is 9.47 Å². The van der Waals surface area contributed by atoms with E-state index < -0.39 is 56.5 Å². The summed E-state index contributed by atoms with van der Waals surface area (Å²) in [5.41, 5.74) is 6.48. The van der Waals surface area contributed by atoms with Crippen molar-refractivity contribution in [3.8, 4) is 0 Å². The second kappa shape index (κ2) is 33.9. The van der Waals surface area contributed by atoms with Gasteiger partial charge in [0.15, 0.2) is 10.3 Å². The number of hydrogen-bond donors (Lipinski definition) is 6. The molecule has 5 heterocycles. The molecule has 28 heteroatoms. The van der Waals surface area contributed by atoms with E-state index in [2.05, 4.69) is 51.0 Å². The van der Waals surface area contributed by atoms with Crippen molar-refractivity contribution in [1.29, 1.82) is 0 Å². The van der Waals surface area contributed by atoms with E-state index in [0.717, 1.165) is 78.8 Å². The van der Waals surface area contributed by atoms with Gasteiger partial charge in [0, 0.05) is 64.8 Å². The SMILES string of the molecule is CC(C)CN(C(Cc1ccccc1)C(O)CNC(=O)OCc1cncs1)S(=O)(=O)c1ccc2nc(NCCN(C)C)sc2c1.CC(C)CN(CC(O)C(Cc1ccccc1)NC(=O)OCc1cncs1)S(=O)(=O)c1ccc2nc(NCCN3CCCC3)sc2c1. The predicted octanol–water partition coefficient (Wildman–Crippen LogP) is 9.08. The highest BCUT2D eigenvalue weighted by Gasteiger charge is 2.37. The number of aliphatic hydroxyl groups excluding tert-OH is 2. The highest BCUT2D eigenvalue weighted by Crippen LogP contribution is 2.33. The number of carbonyl (C=O) groups is 2. The third-order valence-electron chi connectivity index (χ3n) is 14.5. The number of alkyl carbamates (subject to hydrolysis) is 2. The fourth-order valence-corrected chi connectivity index (χ4v) is 16.5. The van der Waals surface area contributed by atoms with Gasteiger partial charge in [-0.05, 0) is 112 Å². The molecule has 8 aromatic rings. The van der Waals surface area contributed by atoms with Gasteiger partial charge in [-0.25, -0.2) is 36.4 Å². The summed E-state index contributed by atoms with van der Waals surface area (Å²) in [4.78, 5) is 48.7. The Balaban J connectivity index is 0.000000233. The van der Waals surface area contributed by atoms with E-state index in [0.29, 0.717) is 12.1 Å². The average molecular weight is 1350 g/mol. The Morgan fingerprint density at radius 3 is 1.72 bits per heavy atom. The molecule has 1 fully saturated rings. The fraction of sp³-hybridized carbons (Fsp3) is 0.452. The molecule has 0 spiro atoms. The number of aromatic nitrogens is 4. The summed E-state index contributed by atoms with van der Waals surface area (Å²) >= 11 is 5.56. The molecule has 4 aromatic carbocycles. The number of fused-ring (bicyclic) bond motifs is 2. The number of likely N-dealkylation sites (N-methyl/N-ethyl adjacent to an activating group) is 1. The molecule has 1 aliphatic rings. The van der Waals surface area contributed by atoms with Gasteiger partial charge in [0.05, 0.1) is 75.3 Å². The van der Waals surface area contributed by atoms with Gasteiger partial charge < -0.3 is 50.8 Å². The van der Waals surface area contributed by atoms with Crippen molar-refractivity contribution in [3.05, 3.63) is 141 Å². The maximum absolute atomic E-state index is 14.3. The average Bonchev–Trinajstić information content (AvgIpc) is 1.30. The third kappa shape index (κ3) is 20.9. The number of anilines is 2. The molecule has 90 heavy (non-hydrogen) atoms. The van der Waals surface area contributed by atoms with E-state index >= 15 is 0 Å². The first kappa shape index (κ1) is 69.6. The number of thiazole rings is 4. The molecular formula is C62H82N12O10S6. The van der Waals surface area contributed by atoms with E-state index in [1.54, 1.807) is 59.8 Å². The maximum atomic E-state index is 14.3. The number of sulfonamides is 2. The number of likely N-dealkylation sites (tertiary alicyclic amines) is 1. The second-order valence-corrected chi connectivity index (χ2v) is 30.8. The number of aliphatic hydroxyl groups is 2. The molecule has 1 aliphatic heterocycles. The minimum atomic E-state index is -4.07. The van der Waals surface area contributed by atoms with Crippen molar-refractivity contribution in [3.63, 3.8) is 0 Å². The normalized spacial score (nSPS) is 14.5. The van der Waals surface area contributed by atoms with Crippen LogP contribution in [0.25, 0.3) is 20.4 Å². The Bertz CT molecular complexity index is 3710. The van der Waals surface area contributed by atoms with E-state index in [-0.39, 0.29) is 73.9 Å². The Kier molecular flexibility index (Phi) is 26.2. The topological polar surface area (TPSA) is 274 Å². The molecule has 0 bridgehead atoms. The van der Waals surface area contributed by atoms with Gasteiger partial charge in [0.2, 0.25) is 20.0 Å². The predicted molar refractivity (Wildman–Crippen MR) is 358 cm³/mol. The van der Waals surface area contributed by atoms with Crippen LogP contribution < -0.4 is 21.3 Å². The molecule has 0 radical (unpaired) electrons. The molecule has 0 saturated carbocycles. The summed E-state index contributed by atoms with van der Waals surface area (Å²) in [7, 11) is -4.09. The maximum Gasteiger partial charge on any atom is 0.407 e. The lowest BCUT2D eigenvalue weighted by molar-refractivity contribution is 0.0786. The number of amides is 2. The Hall–Kier alpha value is -6.28. The number of nitrogens with one attached hydrogen (secondary N) is 4. The zero-order chi connectivity index (χ0) is 64.2. The molecule has 0 aliphatic carbocycles. The number of carbonyl (C=O) groups excluding carboxylic acids is 2. The van der Waals surface area contributed by atoms with Gasteiger partial charge in [-0.15, -0.1) is 22.7 Å². The summed E-state index contributed by atoms with van der Waals surface area (Å²) in [5, 5.41) is 36.5. The van der Waals surface area contributed by atoms with Gasteiger partial charge in [-0.2, -0.15) is 8.61 Å². The highest BCUT2D eigenvalue weighted by atomic mass is 32.2. The minimum absolute atomic E-state index is 0.00887. The largest absolute Gasteiger partial charge is 0.444 e. The van der Waals surface area contributed by atoms with E-state index in [1.165, 1.54) is 66.8 Å². The quantitative estimate of drug-likeness (QED) is 0.0229. The van der Waals surface area contributed by atoms with Gasteiger partial charge in [-0.3, -0.25) is 9.97 Å². The highest BCUT2D eigenvalue weighted by molar-refractivity contribution is 7.89. The molecular weight excluding hydrogens is 1270 g/mol. The molecule has 6 N–H and O–H groups in total. The lowest BCUT2D eigenvalue weighted by Crippen LogP contribution is -2.52. The van der Waals surface area contributed by atoms with Crippen LogP contribution in [-0.2, 0) is 55.6 Å². The lowest BCUT2D eigenvalue weighted by Gasteiger charge is -2.35. The minimum Gasteiger partial charge on any atom is -0.444 e. The molecule has 9 rings (SSSR count). The summed E-state index contributed by atoms with van der Waals surface area (Å²) < 4.78 is 71.6. The summed E-state index contributed by atoms with van der Waals surface area (Å²) in [6.45, 7) is 13.3. The van der Waals surface area contributed by atoms with Crippen LogP contribution in [-0.4, -0.2) is 181 Å². The van der Waals surface area contributed by atoms with Crippen molar-refractivity contribution < 1.29 is 46.1 Å². The lowest BCUT2D eigenvalue weighted by atomic mass is 10.0. The van der Waals surface area contributed by atoms with Crippen LogP contribution in [0.3, 0.4) is 0 Å². The first-order valence-corrected chi connectivity index (χ1v) is 36.2. The zero-order valence-electron chi connectivity index (χ0n) is 51.5. The molecule has 22 nitrogen and oxygen atoms in total. The second-order valence-electron chi connectivity index (χ2n) is 23.0. The van der Waals surface area contributed by atoms with Gasteiger partial charge in [0.1, 0.15) is 13.2 Å². The van der Waals surface area contributed by atoms with Gasteiger partial charge >= 0.3 is 12.2 Å². The Morgan fingerprint density at radius 1 is 0.656 bits per heavy atom. The van der Waals surface area contributed by atoms with Crippen LogP contribution in [0.15, 0.2) is 130 Å². The van der Waals surface area contributed by atoms with Crippen molar-refractivity contribution in [1.82, 2.24) is 49.0 Å². The molecule has 4 atom stereocenters. The summed E-state index contributed by atoms with van der Waals surface area (Å²) in [6.07, 6.45) is 2.40. The van der Waals surface area contributed by atoms with Crippen molar-refractivity contribution in [2.45, 2.75) is 101 Å². The van der Waals surface area contributed by atoms with Crippen molar-refractivity contribution in [2.24, 2.45) is 11.8 Å². The van der Waals surface area contributed by atoms with Gasteiger partial charge in [0.25, 0.3) is 0 Å². The number of hydrogen-bond acceptors (Lipinski definition) is 22. The first-order valence-electron chi connectivity index (χ1n) is 29.9. The van der Waals surface area contributed by atoms with Crippen LogP contribution in [0.2, 0.25) is 0 Å². The van der Waals surface area contributed by atoms with E-state index in [1.807, 2.05) is 102 Å². The molecule has 486 valence electrons. The monoisotopic (exact) mass is 1350 g/mol. The van der Waals surface area contributed by atoms with Crippen LogP contribution in [0.5, 0.6) is 0 Å².